The first kappa shape index (κ1) is 12.1. The summed E-state index contributed by atoms with van der Waals surface area (Å²) in [7, 11) is 0. The van der Waals surface area contributed by atoms with E-state index in [1.165, 1.54) is 25.7 Å². The highest BCUT2D eigenvalue weighted by Crippen LogP contribution is 2.34. The Morgan fingerprint density at radius 1 is 1.32 bits per heavy atom. The summed E-state index contributed by atoms with van der Waals surface area (Å²) in [5.74, 6) is 1.79. The standard InChI is InChI=1S/C14H19N5/c1-2-19-12(7-8-16-19)14-17-11(9-13(15)18-14)10-5-3-4-6-10/h7-10H,2-6H2,1H3,(H2,15,17,18). The Hall–Kier alpha value is -1.91. The van der Waals surface area contributed by atoms with Gasteiger partial charge in [0.1, 0.15) is 11.5 Å². The molecule has 0 aliphatic heterocycles. The van der Waals surface area contributed by atoms with Crippen LogP contribution in [0.15, 0.2) is 18.3 Å². The smallest absolute Gasteiger partial charge is 0.180 e. The number of aromatic nitrogens is 4. The molecule has 0 bridgehead atoms. The second-order valence-electron chi connectivity index (χ2n) is 5.05. The Morgan fingerprint density at radius 3 is 2.84 bits per heavy atom. The normalized spacial score (nSPS) is 16.1. The Labute approximate surface area is 112 Å². The molecule has 0 atom stereocenters. The van der Waals surface area contributed by atoms with Crippen LogP contribution in [-0.2, 0) is 6.54 Å². The minimum Gasteiger partial charge on any atom is -0.384 e. The van der Waals surface area contributed by atoms with E-state index in [4.69, 9.17) is 10.7 Å². The zero-order valence-electron chi connectivity index (χ0n) is 11.2. The van der Waals surface area contributed by atoms with Crippen LogP contribution in [-0.4, -0.2) is 19.7 Å². The monoisotopic (exact) mass is 257 g/mol. The van der Waals surface area contributed by atoms with Gasteiger partial charge in [-0.05, 0) is 25.8 Å². The fourth-order valence-corrected chi connectivity index (χ4v) is 2.81. The summed E-state index contributed by atoms with van der Waals surface area (Å²) < 4.78 is 1.90. The van der Waals surface area contributed by atoms with Gasteiger partial charge in [0.25, 0.3) is 0 Å². The van der Waals surface area contributed by atoms with E-state index in [-0.39, 0.29) is 0 Å². The number of aryl methyl sites for hydroxylation is 1. The molecule has 100 valence electrons. The maximum Gasteiger partial charge on any atom is 0.180 e. The predicted molar refractivity (Wildman–Crippen MR) is 74.5 cm³/mol. The fraction of sp³-hybridized carbons (Fsp3) is 0.500. The van der Waals surface area contributed by atoms with Crippen molar-refractivity contribution >= 4 is 5.82 Å². The molecule has 0 radical (unpaired) electrons. The number of anilines is 1. The van der Waals surface area contributed by atoms with Crippen molar-refractivity contribution in [1.29, 1.82) is 0 Å². The molecule has 0 aromatic carbocycles. The molecule has 2 aromatic rings. The molecule has 2 aromatic heterocycles. The molecule has 3 rings (SSSR count). The quantitative estimate of drug-likeness (QED) is 0.917. The summed E-state index contributed by atoms with van der Waals surface area (Å²) in [6.45, 7) is 2.86. The first-order valence-corrected chi connectivity index (χ1v) is 6.94. The lowest BCUT2D eigenvalue weighted by Crippen LogP contribution is -2.06. The molecule has 1 saturated carbocycles. The highest BCUT2D eigenvalue weighted by Gasteiger charge is 2.20. The predicted octanol–water partition coefficient (Wildman–Crippen LogP) is 2.60. The summed E-state index contributed by atoms with van der Waals surface area (Å²) in [5.41, 5.74) is 7.97. The van der Waals surface area contributed by atoms with E-state index in [0.717, 1.165) is 17.9 Å². The van der Waals surface area contributed by atoms with Gasteiger partial charge in [0.15, 0.2) is 5.82 Å². The summed E-state index contributed by atoms with van der Waals surface area (Å²) >= 11 is 0. The first-order chi connectivity index (χ1) is 9.28. The van der Waals surface area contributed by atoms with E-state index in [2.05, 4.69) is 17.0 Å². The number of hydrogen-bond donors (Lipinski definition) is 1. The first-order valence-electron chi connectivity index (χ1n) is 6.94. The van der Waals surface area contributed by atoms with Crippen LogP contribution in [0.1, 0.15) is 44.2 Å². The molecular formula is C14H19N5. The Kier molecular flexibility index (Phi) is 3.19. The molecule has 0 spiro atoms. The van der Waals surface area contributed by atoms with Crippen LogP contribution in [0.4, 0.5) is 5.82 Å². The van der Waals surface area contributed by atoms with Gasteiger partial charge in [0.2, 0.25) is 0 Å². The summed E-state index contributed by atoms with van der Waals surface area (Å²) in [4.78, 5) is 9.08. The van der Waals surface area contributed by atoms with E-state index in [1.54, 1.807) is 6.20 Å². The number of nitrogens with two attached hydrogens (primary N) is 1. The van der Waals surface area contributed by atoms with Crippen molar-refractivity contribution in [3.8, 4) is 11.5 Å². The van der Waals surface area contributed by atoms with Crippen LogP contribution in [0.2, 0.25) is 0 Å². The van der Waals surface area contributed by atoms with Crippen molar-refractivity contribution in [2.45, 2.75) is 45.1 Å². The van der Waals surface area contributed by atoms with E-state index < -0.39 is 0 Å². The molecule has 5 nitrogen and oxygen atoms in total. The average molecular weight is 257 g/mol. The van der Waals surface area contributed by atoms with Gasteiger partial charge in [-0.25, -0.2) is 9.97 Å². The van der Waals surface area contributed by atoms with E-state index in [9.17, 15) is 0 Å². The van der Waals surface area contributed by atoms with E-state index in [0.29, 0.717) is 17.6 Å². The Bertz CT molecular complexity index is 569. The van der Waals surface area contributed by atoms with Crippen LogP contribution < -0.4 is 5.73 Å². The molecule has 0 amide bonds. The van der Waals surface area contributed by atoms with E-state index in [1.807, 2.05) is 16.8 Å². The zero-order valence-corrected chi connectivity index (χ0v) is 11.2. The third-order valence-corrected chi connectivity index (χ3v) is 3.78. The summed E-state index contributed by atoms with van der Waals surface area (Å²) in [5, 5.41) is 4.26. The lowest BCUT2D eigenvalue weighted by Gasteiger charge is -2.11. The Morgan fingerprint density at radius 2 is 2.11 bits per heavy atom. The highest BCUT2D eigenvalue weighted by atomic mass is 15.3. The van der Waals surface area contributed by atoms with Crippen LogP contribution in [0.25, 0.3) is 11.5 Å². The van der Waals surface area contributed by atoms with Crippen LogP contribution in [0, 0.1) is 0 Å². The topological polar surface area (TPSA) is 69.6 Å². The van der Waals surface area contributed by atoms with Crippen molar-refractivity contribution in [3.63, 3.8) is 0 Å². The molecule has 5 heteroatoms. The third-order valence-electron chi connectivity index (χ3n) is 3.78. The number of nitrogens with zero attached hydrogens (tertiary/aromatic N) is 4. The average Bonchev–Trinajstić information content (AvgIpc) is 3.09. The lowest BCUT2D eigenvalue weighted by atomic mass is 10.0. The summed E-state index contributed by atoms with van der Waals surface area (Å²) in [6, 6.07) is 3.86. The second kappa shape index (κ2) is 4.99. The van der Waals surface area contributed by atoms with Crippen molar-refractivity contribution in [2.24, 2.45) is 0 Å². The van der Waals surface area contributed by atoms with Gasteiger partial charge < -0.3 is 5.73 Å². The maximum absolute atomic E-state index is 5.94. The van der Waals surface area contributed by atoms with Gasteiger partial charge in [-0.2, -0.15) is 5.10 Å². The van der Waals surface area contributed by atoms with Crippen molar-refractivity contribution in [2.75, 3.05) is 5.73 Å². The van der Waals surface area contributed by atoms with Crippen LogP contribution in [0.5, 0.6) is 0 Å². The second-order valence-corrected chi connectivity index (χ2v) is 5.05. The molecule has 2 heterocycles. The highest BCUT2D eigenvalue weighted by molar-refractivity contribution is 5.52. The van der Waals surface area contributed by atoms with Crippen molar-refractivity contribution < 1.29 is 0 Å². The van der Waals surface area contributed by atoms with Gasteiger partial charge in [-0.1, -0.05) is 12.8 Å². The minimum absolute atomic E-state index is 0.544. The molecule has 2 N–H and O–H groups in total. The van der Waals surface area contributed by atoms with Gasteiger partial charge in [0.05, 0.1) is 0 Å². The van der Waals surface area contributed by atoms with Gasteiger partial charge in [0, 0.05) is 30.4 Å². The fourth-order valence-electron chi connectivity index (χ4n) is 2.81. The maximum atomic E-state index is 5.94. The van der Waals surface area contributed by atoms with Crippen LogP contribution in [0.3, 0.4) is 0 Å². The molecule has 1 aliphatic rings. The Balaban J connectivity index is 2.02. The minimum atomic E-state index is 0.544. The summed E-state index contributed by atoms with van der Waals surface area (Å²) in [6.07, 6.45) is 6.78. The largest absolute Gasteiger partial charge is 0.384 e. The van der Waals surface area contributed by atoms with Crippen molar-refractivity contribution in [1.82, 2.24) is 19.7 Å². The molecule has 0 unspecified atom stereocenters. The molecule has 0 saturated heterocycles. The number of hydrogen-bond acceptors (Lipinski definition) is 4. The third kappa shape index (κ3) is 2.32. The van der Waals surface area contributed by atoms with E-state index >= 15 is 0 Å². The molecular weight excluding hydrogens is 238 g/mol. The molecule has 19 heavy (non-hydrogen) atoms. The van der Waals surface area contributed by atoms with Gasteiger partial charge in [-0.15, -0.1) is 0 Å². The number of rotatable bonds is 3. The van der Waals surface area contributed by atoms with Gasteiger partial charge >= 0.3 is 0 Å². The number of nitrogen functional groups attached to an aromatic ring is 1. The SMILES string of the molecule is CCn1nccc1-c1nc(N)cc(C2CCCC2)n1. The van der Waals surface area contributed by atoms with Gasteiger partial charge in [-0.3, -0.25) is 4.68 Å². The van der Waals surface area contributed by atoms with Crippen LogP contribution >= 0.6 is 0 Å². The lowest BCUT2D eigenvalue weighted by molar-refractivity contribution is 0.659. The molecule has 1 aliphatic carbocycles. The zero-order chi connectivity index (χ0) is 13.2. The molecule has 1 fully saturated rings. The van der Waals surface area contributed by atoms with Crippen molar-refractivity contribution in [3.05, 3.63) is 24.0 Å².